The third-order valence-electron chi connectivity index (χ3n) is 6.13. The quantitative estimate of drug-likeness (QED) is 0.700. The molecule has 1 amide bonds. The smallest absolute Gasteiger partial charge is 0.272 e. The minimum atomic E-state index is -0.137. The Kier molecular flexibility index (Phi) is 3.94. The number of hydrogen-bond donors (Lipinski definition) is 3. The fourth-order valence-corrected chi connectivity index (χ4v) is 4.57. The Morgan fingerprint density at radius 2 is 2.19 bits per heavy atom. The fraction of sp³-hybridized carbons (Fsp3) is 0.500. The van der Waals surface area contributed by atoms with Gasteiger partial charge in [0.25, 0.3) is 5.91 Å². The van der Waals surface area contributed by atoms with Crippen molar-refractivity contribution in [3.05, 3.63) is 46.8 Å². The van der Waals surface area contributed by atoms with Gasteiger partial charge in [0.1, 0.15) is 0 Å². The van der Waals surface area contributed by atoms with Crippen LogP contribution in [-0.2, 0) is 24.3 Å². The molecule has 1 saturated heterocycles. The van der Waals surface area contributed by atoms with Crippen LogP contribution in [0.15, 0.2) is 24.3 Å². The Morgan fingerprint density at radius 3 is 3.04 bits per heavy atom. The van der Waals surface area contributed by atoms with E-state index in [-0.39, 0.29) is 17.6 Å². The summed E-state index contributed by atoms with van der Waals surface area (Å²) in [4.78, 5) is 12.8. The summed E-state index contributed by atoms with van der Waals surface area (Å²) in [5.74, 6) is -0.120. The van der Waals surface area contributed by atoms with Gasteiger partial charge in [0.15, 0.2) is 5.69 Å². The van der Waals surface area contributed by atoms with Crippen LogP contribution < -0.4 is 16.4 Å². The molecule has 0 saturated carbocycles. The van der Waals surface area contributed by atoms with Gasteiger partial charge < -0.3 is 21.1 Å². The van der Waals surface area contributed by atoms with Gasteiger partial charge in [-0.3, -0.25) is 9.48 Å². The van der Waals surface area contributed by atoms with Gasteiger partial charge >= 0.3 is 0 Å². The van der Waals surface area contributed by atoms with Crippen molar-refractivity contribution in [3.63, 3.8) is 0 Å². The predicted octanol–water partition coefficient (Wildman–Crippen LogP) is 1.53. The van der Waals surface area contributed by atoms with Gasteiger partial charge in [-0.2, -0.15) is 5.10 Å². The molecule has 142 valence electrons. The number of aromatic nitrogens is 2. The molecule has 2 aliphatic heterocycles. The number of rotatable bonds is 2. The number of carbonyl (C=O) groups excluding carboxylic acids is 1. The van der Waals surface area contributed by atoms with E-state index in [1.807, 2.05) is 28.9 Å². The van der Waals surface area contributed by atoms with Gasteiger partial charge in [-0.25, -0.2) is 0 Å². The van der Waals surface area contributed by atoms with Crippen LogP contribution in [0.25, 0.3) is 0 Å². The first kappa shape index (κ1) is 16.8. The van der Waals surface area contributed by atoms with Crippen LogP contribution in [0.4, 0.5) is 5.69 Å². The molecule has 1 fully saturated rings. The lowest BCUT2D eigenvalue weighted by molar-refractivity contribution is -0.109. The first-order valence-corrected chi connectivity index (χ1v) is 9.72. The van der Waals surface area contributed by atoms with E-state index in [1.165, 1.54) is 11.1 Å². The molecule has 1 spiro atoms. The highest BCUT2D eigenvalue weighted by Gasteiger charge is 2.38. The highest BCUT2D eigenvalue weighted by atomic mass is 16.5. The summed E-state index contributed by atoms with van der Waals surface area (Å²) in [7, 11) is 0. The maximum absolute atomic E-state index is 12.8. The van der Waals surface area contributed by atoms with Crippen LogP contribution in [0.5, 0.6) is 0 Å². The number of aryl methyl sites for hydroxylation is 1. The number of nitrogens with zero attached hydrogens (tertiary/aromatic N) is 2. The number of carbonyl (C=O) groups is 1. The van der Waals surface area contributed by atoms with Gasteiger partial charge in [-0.05, 0) is 68.1 Å². The maximum Gasteiger partial charge on any atom is 0.272 e. The summed E-state index contributed by atoms with van der Waals surface area (Å²) in [5.41, 5.74) is 10.3. The average Bonchev–Trinajstić information content (AvgIpc) is 3.26. The molecule has 5 rings (SSSR count). The fourth-order valence-electron chi connectivity index (χ4n) is 4.57. The second-order valence-electron chi connectivity index (χ2n) is 7.92. The number of nitrogens with two attached hydrogens (primary N) is 1. The molecule has 3 aliphatic rings. The first-order chi connectivity index (χ1) is 13.1. The van der Waals surface area contributed by atoms with Gasteiger partial charge in [-0.1, -0.05) is 6.07 Å². The number of nitrogens with one attached hydrogen (secondary N) is 2. The summed E-state index contributed by atoms with van der Waals surface area (Å²) in [5, 5.41) is 11.1. The van der Waals surface area contributed by atoms with Crippen LogP contribution in [0.3, 0.4) is 0 Å². The molecule has 1 unspecified atom stereocenters. The number of ether oxygens (including phenoxy) is 1. The molecule has 1 atom stereocenters. The van der Waals surface area contributed by atoms with Crippen molar-refractivity contribution in [1.82, 2.24) is 20.4 Å². The molecule has 1 aromatic heterocycles. The number of nitrogen functional groups attached to an aromatic ring is 1. The molecule has 27 heavy (non-hydrogen) atoms. The highest BCUT2D eigenvalue weighted by Crippen LogP contribution is 2.33. The average molecular weight is 367 g/mol. The van der Waals surface area contributed by atoms with E-state index < -0.39 is 0 Å². The zero-order chi connectivity index (χ0) is 18.4. The molecule has 0 radical (unpaired) electrons. The van der Waals surface area contributed by atoms with Crippen molar-refractivity contribution in [2.45, 2.75) is 50.5 Å². The molecule has 1 aromatic carbocycles. The summed E-state index contributed by atoms with van der Waals surface area (Å²) in [6.07, 6.45) is 3.80. The van der Waals surface area contributed by atoms with E-state index >= 15 is 0 Å². The second kappa shape index (κ2) is 6.35. The van der Waals surface area contributed by atoms with Crippen LogP contribution in [0.2, 0.25) is 0 Å². The summed E-state index contributed by atoms with van der Waals surface area (Å²) >= 11 is 0. The number of fused-ring (bicyclic) bond motifs is 2. The highest BCUT2D eigenvalue weighted by molar-refractivity contribution is 5.92. The standard InChI is InChI=1S/C20H25N5O2/c21-14-2-3-16-13(9-14)1-4-17(16)23-19(26)18-10-15-11-27-20(12-25(15)24-18)5-7-22-8-6-20/h2-3,9-10,17,22H,1,4-8,11-12,21H2,(H,23,26). The van der Waals surface area contributed by atoms with Crippen molar-refractivity contribution < 1.29 is 9.53 Å². The van der Waals surface area contributed by atoms with Gasteiger partial charge in [0, 0.05) is 5.69 Å². The maximum atomic E-state index is 12.8. The van der Waals surface area contributed by atoms with Crippen molar-refractivity contribution >= 4 is 11.6 Å². The number of benzene rings is 1. The van der Waals surface area contributed by atoms with Crippen molar-refractivity contribution in [2.24, 2.45) is 0 Å². The molecule has 0 bridgehead atoms. The Hall–Kier alpha value is -2.38. The van der Waals surface area contributed by atoms with Crippen molar-refractivity contribution in [1.29, 1.82) is 0 Å². The summed E-state index contributed by atoms with van der Waals surface area (Å²) in [6.45, 7) is 3.18. The minimum absolute atomic E-state index is 0.0267. The molecule has 2 aromatic rings. The molecular formula is C20H25N5O2. The Labute approximate surface area is 158 Å². The lowest BCUT2D eigenvalue weighted by Crippen LogP contribution is -2.49. The summed E-state index contributed by atoms with van der Waals surface area (Å²) in [6, 6.07) is 7.82. The Morgan fingerprint density at radius 1 is 1.33 bits per heavy atom. The van der Waals surface area contributed by atoms with Crippen LogP contribution in [-0.4, -0.2) is 34.4 Å². The van der Waals surface area contributed by atoms with E-state index in [0.717, 1.165) is 56.7 Å². The van der Waals surface area contributed by atoms with E-state index in [9.17, 15) is 4.79 Å². The minimum Gasteiger partial charge on any atom is -0.399 e. The number of amides is 1. The lowest BCUT2D eigenvalue weighted by Gasteiger charge is -2.40. The van der Waals surface area contributed by atoms with Crippen LogP contribution in [0, 0.1) is 0 Å². The zero-order valence-corrected chi connectivity index (χ0v) is 15.3. The molecular weight excluding hydrogens is 342 g/mol. The Balaban J connectivity index is 1.32. The van der Waals surface area contributed by atoms with E-state index in [4.69, 9.17) is 10.5 Å². The molecule has 7 heteroatoms. The van der Waals surface area contributed by atoms with Crippen molar-refractivity contribution in [3.8, 4) is 0 Å². The zero-order valence-electron chi connectivity index (χ0n) is 15.3. The molecule has 4 N–H and O–H groups in total. The molecule has 3 heterocycles. The SMILES string of the molecule is Nc1ccc2c(c1)CCC2NC(=O)c1cc2n(n1)CC1(CCNCC1)OC2. The normalized spacial score (nSPS) is 23.0. The van der Waals surface area contributed by atoms with Crippen LogP contribution >= 0.6 is 0 Å². The van der Waals surface area contributed by atoms with Crippen LogP contribution in [0.1, 0.15) is 52.6 Å². The first-order valence-electron chi connectivity index (χ1n) is 9.72. The van der Waals surface area contributed by atoms with E-state index in [2.05, 4.69) is 15.7 Å². The third kappa shape index (κ3) is 3.00. The molecule has 7 nitrogen and oxygen atoms in total. The monoisotopic (exact) mass is 367 g/mol. The molecule has 1 aliphatic carbocycles. The summed E-state index contributed by atoms with van der Waals surface area (Å²) < 4.78 is 8.14. The number of piperidine rings is 1. The van der Waals surface area contributed by atoms with Gasteiger partial charge in [0.2, 0.25) is 0 Å². The Bertz CT molecular complexity index is 884. The van der Waals surface area contributed by atoms with Gasteiger partial charge in [0.05, 0.1) is 30.5 Å². The van der Waals surface area contributed by atoms with Crippen molar-refractivity contribution in [2.75, 3.05) is 18.8 Å². The third-order valence-corrected chi connectivity index (χ3v) is 6.13. The predicted molar refractivity (Wildman–Crippen MR) is 101 cm³/mol. The van der Waals surface area contributed by atoms with E-state index in [1.54, 1.807) is 0 Å². The number of hydrogen-bond acceptors (Lipinski definition) is 5. The second-order valence-corrected chi connectivity index (χ2v) is 7.92. The van der Waals surface area contributed by atoms with Gasteiger partial charge in [-0.15, -0.1) is 0 Å². The topological polar surface area (TPSA) is 94.2 Å². The largest absolute Gasteiger partial charge is 0.399 e. The lowest BCUT2D eigenvalue weighted by atomic mass is 9.91. The number of anilines is 1. The van der Waals surface area contributed by atoms with E-state index in [0.29, 0.717) is 12.3 Å².